The molecule has 0 spiro atoms. The molecular weight excluding hydrogens is 546 g/mol. The van der Waals surface area contributed by atoms with Gasteiger partial charge < -0.3 is 19.5 Å². The van der Waals surface area contributed by atoms with Crippen LogP contribution in [0.15, 0.2) is 140 Å². The second-order valence-electron chi connectivity index (χ2n) is 10.8. The molecule has 0 fully saturated rings. The van der Waals surface area contributed by atoms with Crippen molar-refractivity contribution in [3.05, 3.63) is 167 Å². The number of rotatable bonds is 13. The Kier molecular flexibility index (Phi) is 9.46. The molecule has 6 rings (SSSR count). The summed E-state index contributed by atoms with van der Waals surface area (Å²) in [5.74, 6) is 0.0475. The Morgan fingerprint density at radius 1 is 0.591 bits per heavy atom. The van der Waals surface area contributed by atoms with Crippen LogP contribution < -0.4 is 5.32 Å². The Morgan fingerprint density at radius 3 is 1.59 bits per heavy atom. The lowest BCUT2D eigenvalue weighted by Crippen LogP contribution is -2.34. The van der Waals surface area contributed by atoms with Crippen LogP contribution in [-0.4, -0.2) is 39.1 Å². The van der Waals surface area contributed by atoms with E-state index in [4.69, 9.17) is 14.2 Å². The van der Waals surface area contributed by atoms with Crippen LogP contribution >= 0.6 is 0 Å². The van der Waals surface area contributed by atoms with Crippen LogP contribution in [0.25, 0.3) is 11.1 Å². The van der Waals surface area contributed by atoms with Crippen LogP contribution in [-0.2, 0) is 19.8 Å². The molecule has 0 aliphatic heterocycles. The monoisotopic (exact) mass is 583 g/mol. The SMILES string of the molecule is O=C(NCCCOCCOC(c1ccccc1)(c1ccccc1)c1ccccc1)OCC1c2ccccc2-c2ccccc21. The van der Waals surface area contributed by atoms with E-state index < -0.39 is 11.7 Å². The summed E-state index contributed by atoms with van der Waals surface area (Å²) in [7, 11) is 0. The van der Waals surface area contributed by atoms with Gasteiger partial charge in [-0.25, -0.2) is 4.79 Å². The molecule has 5 heteroatoms. The van der Waals surface area contributed by atoms with Gasteiger partial charge in [0, 0.05) is 19.1 Å². The highest BCUT2D eigenvalue weighted by Crippen LogP contribution is 2.44. The summed E-state index contributed by atoms with van der Waals surface area (Å²) in [5, 5.41) is 2.86. The third kappa shape index (κ3) is 6.30. The van der Waals surface area contributed by atoms with Gasteiger partial charge in [-0.05, 0) is 45.4 Å². The van der Waals surface area contributed by atoms with Crippen molar-refractivity contribution in [1.29, 1.82) is 0 Å². The number of hydrogen-bond donors (Lipinski definition) is 1. The summed E-state index contributed by atoms with van der Waals surface area (Å²) in [5.41, 5.74) is 7.25. The van der Waals surface area contributed by atoms with E-state index in [1.807, 2.05) is 78.9 Å². The third-order valence-corrected chi connectivity index (χ3v) is 8.17. The molecule has 0 unspecified atom stereocenters. The molecule has 0 bridgehead atoms. The summed E-state index contributed by atoms with van der Waals surface area (Å²) in [6, 6.07) is 47.6. The maximum absolute atomic E-state index is 12.5. The molecule has 44 heavy (non-hydrogen) atoms. The normalized spacial score (nSPS) is 12.4. The number of hydrogen-bond acceptors (Lipinski definition) is 4. The molecule has 5 nitrogen and oxygen atoms in total. The number of benzene rings is 5. The number of carbonyl (C=O) groups is 1. The van der Waals surface area contributed by atoms with Crippen LogP contribution in [0.5, 0.6) is 0 Å². The first kappa shape index (κ1) is 29.4. The predicted octanol–water partition coefficient (Wildman–Crippen LogP) is 7.94. The maximum atomic E-state index is 12.5. The molecule has 5 aromatic carbocycles. The molecule has 5 aromatic rings. The summed E-state index contributed by atoms with van der Waals surface area (Å²) in [6.45, 7) is 2.11. The molecule has 222 valence electrons. The fraction of sp³-hybridized carbons (Fsp3) is 0.205. The Morgan fingerprint density at radius 2 is 1.07 bits per heavy atom. The van der Waals surface area contributed by atoms with Crippen LogP contribution in [0, 0.1) is 0 Å². The van der Waals surface area contributed by atoms with E-state index in [1.165, 1.54) is 22.3 Å². The van der Waals surface area contributed by atoms with Crippen molar-refractivity contribution < 1.29 is 19.0 Å². The average molecular weight is 584 g/mol. The summed E-state index contributed by atoms with van der Waals surface area (Å²) < 4.78 is 18.3. The molecule has 0 atom stereocenters. The van der Waals surface area contributed by atoms with Gasteiger partial charge in [-0.15, -0.1) is 0 Å². The first-order valence-corrected chi connectivity index (χ1v) is 15.2. The van der Waals surface area contributed by atoms with Gasteiger partial charge in [-0.3, -0.25) is 0 Å². The molecule has 1 aliphatic carbocycles. The van der Waals surface area contributed by atoms with E-state index in [2.05, 4.69) is 66.0 Å². The molecule has 0 radical (unpaired) electrons. The van der Waals surface area contributed by atoms with Crippen molar-refractivity contribution >= 4 is 6.09 Å². The summed E-state index contributed by atoms with van der Waals surface area (Å²) in [4.78, 5) is 12.5. The van der Waals surface area contributed by atoms with Crippen molar-refractivity contribution in [3.8, 4) is 11.1 Å². The van der Waals surface area contributed by atoms with E-state index in [9.17, 15) is 4.79 Å². The van der Waals surface area contributed by atoms with Gasteiger partial charge in [0.2, 0.25) is 0 Å². The third-order valence-electron chi connectivity index (χ3n) is 8.17. The molecular formula is C39H37NO4. The van der Waals surface area contributed by atoms with E-state index in [-0.39, 0.29) is 5.92 Å². The molecule has 0 saturated heterocycles. The Bertz CT molecular complexity index is 1500. The van der Waals surface area contributed by atoms with Gasteiger partial charge in [0.15, 0.2) is 0 Å². The molecule has 0 heterocycles. The molecule has 1 aliphatic rings. The zero-order valence-corrected chi connectivity index (χ0v) is 24.7. The van der Waals surface area contributed by atoms with Gasteiger partial charge in [-0.1, -0.05) is 140 Å². The second kappa shape index (κ2) is 14.2. The standard InChI is InChI=1S/C39H37NO4/c41-38(43-29-37-35-23-12-10-21-33(35)34-22-11-13-24-36(34)37)40-25-14-26-42-27-28-44-39(30-15-4-1-5-16-30,31-17-6-2-7-18-31)32-19-8-3-9-20-32/h1-13,15-24,37H,14,25-29H2,(H,40,41). The first-order valence-electron chi connectivity index (χ1n) is 15.2. The zero-order valence-electron chi connectivity index (χ0n) is 24.7. The van der Waals surface area contributed by atoms with Gasteiger partial charge in [0.25, 0.3) is 0 Å². The topological polar surface area (TPSA) is 56.8 Å². The molecule has 0 saturated carbocycles. The zero-order chi connectivity index (χ0) is 30.0. The van der Waals surface area contributed by atoms with E-state index >= 15 is 0 Å². The van der Waals surface area contributed by atoms with Crippen LogP contribution in [0.4, 0.5) is 4.79 Å². The molecule has 0 aromatic heterocycles. The number of ether oxygens (including phenoxy) is 3. The fourth-order valence-electron chi connectivity index (χ4n) is 6.14. The van der Waals surface area contributed by atoms with Crippen LogP contribution in [0.1, 0.15) is 40.2 Å². The lowest BCUT2D eigenvalue weighted by Gasteiger charge is -2.36. The minimum Gasteiger partial charge on any atom is -0.449 e. The van der Waals surface area contributed by atoms with Crippen molar-refractivity contribution in [3.63, 3.8) is 0 Å². The van der Waals surface area contributed by atoms with Crippen molar-refractivity contribution in [2.75, 3.05) is 33.0 Å². The van der Waals surface area contributed by atoms with Crippen molar-refractivity contribution in [2.45, 2.75) is 17.9 Å². The quantitative estimate of drug-likeness (QED) is 0.113. The highest BCUT2D eigenvalue weighted by Gasteiger charge is 2.37. The number of alkyl carbamates (subject to hydrolysis) is 1. The van der Waals surface area contributed by atoms with Gasteiger partial charge in [0.05, 0.1) is 13.2 Å². The van der Waals surface area contributed by atoms with E-state index in [0.29, 0.717) is 39.4 Å². The lowest BCUT2D eigenvalue weighted by atomic mass is 9.80. The minimum absolute atomic E-state index is 0.0475. The minimum atomic E-state index is -0.765. The Labute approximate surface area is 259 Å². The van der Waals surface area contributed by atoms with Crippen molar-refractivity contribution in [2.24, 2.45) is 0 Å². The fourth-order valence-corrected chi connectivity index (χ4v) is 6.14. The van der Waals surface area contributed by atoms with E-state index in [1.54, 1.807) is 0 Å². The Hall–Kier alpha value is -4.71. The number of carbonyl (C=O) groups excluding carboxylic acids is 1. The van der Waals surface area contributed by atoms with E-state index in [0.717, 1.165) is 16.7 Å². The van der Waals surface area contributed by atoms with Gasteiger partial charge in [-0.2, -0.15) is 0 Å². The summed E-state index contributed by atoms with van der Waals surface area (Å²) in [6.07, 6.45) is 0.263. The smallest absolute Gasteiger partial charge is 0.407 e. The highest BCUT2D eigenvalue weighted by atomic mass is 16.5. The predicted molar refractivity (Wildman–Crippen MR) is 174 cm³/mol. The first-order chi connectivity index (χ1) is 21.8. The highest BCUT2D eigenvalue weighted by molar-refractivity contribution is 5.79. The van der Waals surface area contributed by atoms with Gasteiger partial charge in [0.1, 0.15) is 12.2 Å². The molecule has 1 N–H and O–H groups in total. The van der Waals surface area contributed by atoms with Crippen molar-refractivity contribution in [1.82, 2.24) is 5.32 Å². The summed E-state index contributed by atoms with van der Waals surface area (Å²) >= 11 is 0. The molecule has 1 amide bonds. The maximum Gasteiger partial charge on any atom is 0.407 e. The largest absolute Gasteiger partial charge is 0.449 e. The Balaban J connectivity index is 0.978. The average Bonchev–Trinajstić information content (AvgIpc) is 3.41. The lowest BCUT2D eigenvalue weighted by molar-refractivity contribution is -0.0239. The number of nitrogens with one attached hydrogen (secondary N) is 1. The van der Waals surface area contributed by atoms with Gasteiger partial charge >= 0.3 is 6.09 Å². The number of amides is 1. The van der Waals surface area contributed by atoms with Crippen LogP contribution in [0.2, 0.25) is 0 Å². The number of fused-ring (bicyclic) bond motifs is 3. The second-order valence-corrected chi connectivity index (χ2v) is 10.8. The van der Waals surface area contributed by atoms with Crippen LogP contribution in [0.3, 0.4) is 0 Å².